The number of rotatable bonds is 3. The Labute approximate surface area is 141 Å². The summed E-state index contributed by atoms with van der Waals surface area (Å²) >= 11 is 0. The van der Waals surface area contributed by atoms with Crippen LogP contribution in [0.3, 0.4) is 0 Å². The summed E-state index contributed by atoms with van der Waals surface area (Å²) in [6, 6.07) is 0. The van der Waals surface area contributed by atoms with Crippen LogP contribution in [0, 0.1) is 5.92 Å². The van der Waals surface area contributed by atoms with Gasteiger partial charge in [0.2, 0.25) is 0 Å². The normalized spacial score (nSPS) is 31.7. The van der Waals surface area contributed by atoms with Crippen molar-refractivity contribution in [2.45, 2.75) is 90.6 Å². The molecule has 0 aromatic rings. The molecule has 1 saturated carbocycles. The van der Waals surface area contributed by atoms with E-state index in [1.54, 1.807) is 0 Å². The zero-order valence-corrected chi connectivity index (χ0v) is 15.9. The van der Waals surface area contributed by atoms with Crippen molar-refractivity contribution in [2.24, 2.45) is 5.92 Å². The van der Waals surface area contributed by atoms with E-state index in [0.717, 1.165) is 0 Å². The summed E-state index contributed by atoms with van der Waals surface area (Å²) in [4.78, 5) is 0. The maximum absolute atomic E-state index is 6.24. The Hall–Kier alpha value is -0.290. The van der Waals surface area contributed by atoms with Crippen LogP contribution < -0.4 is 0 Å². The van der Waals surface area contributed by atoms with Gasteiger partial charge in [-0.2, -0.15) is 0 Å². The van der Waals surface area contributed by atoms with Gasteiger partial charge in [0, 0.05) is 0 Å². The molecule has 23 heavy (non-hydrogen) atoms. The van der Waals surface area contributed by atoms with Gasteiger partial charge in [0.15, 0.2) is 0 Å². The molecule has 0 radical (unpaired) electrons. The van der Waals surface area contributed by atoms with E-state index in [2.05, 4.69) is 61.4 Å². The molecular weight excluding hydrogens is 290 g/mol. The fraction of sp³-hybridized carbons (Fsp3) is 0.882. The van der Waals surface area contributed by atoms with Gasteiger partial charge in [-0.25, -0.2) is 0 Å². The first-order valence-electron chi connectivity index (χ1n) is 8.78. The average molecular weight is 320 g/mol. The van der Waals surface area contributed by atoms with E-state index < -0.39 is 0 Å². The Balaban J connectivity index is 1.82. The molecule has 3 rings (SSSR count). The van der Waals surface area contributed by atoms with Gasteiger partial charge in [-0.3, -0.25) is 0 Å². The van der Waals surface area contributed by atoms with E-state index in [1.807, 2.05) is 0 Å². The van der Waals surface area contributed by atoms with Crippen LogP contribution in [0.1, 0.15) is 68.2 Å². The van der Waals surface area contributed by atoms with Crippen LogP contribution in [-0.4, -0.2) is 36.6 Å². The molecule has 2 aliphatic heterocycles. The highest BCUT2D eigenvalue weighted by Gasteiger charge is 2.56. The lowest BCUT2D eigenvalue weighted by Gasteiger charge is -2.32. The molecular formula is C17H30B2O4. The maximum atomic E-state index is 6.24. The van der Waals surface area contributed by atoms with Crippen molar-refractivity contribution in [2.75, 3.05) is 0 Å². The van der Waals surface area contributed by atoms with Crippen LogP contribution in [0.15, 0.2) is 11.4 Å². The molecule has 3 fully saturated rings. The minimum absolute atomic E-state index is 0.300. The Bertz CT molecular complexity index is 489. The second-order valence-corrected chi connectivity index (χ2v) is 9.15. The van der Waals surface area contributed by atoms with Gasteiger partial charge < -0.3 is 18.6 Å². The SMILES string of the molecule is CC1(C)OB(/C=C(\B2OC(C)(C)C(C)(C)O2)C2CC2)OC1(C)C. The Kier molecular flexibility index (Phi) is 3.89. The number of allylic oxidation sites excluding steroid dienone is 1. The highest BCUT2D eigenvalue weighted by atomic mass is 16.7. The molecule has 0 aromatic heterocycles. The first kappa shape index (κ1) is 17.5. The molecule has 0 aromatic carbocycles. The summed E-state index contributed by atoms with van der Waals surface area (Å²) in [6.07, 6.45) is 2.38. The Morgan fingerprint density at radius 1 is 0.739 bits per heavy atom. The Morgan fingerprint density at radius 2 is 1.13 bits per heavy atom. The van der Waals surface area contributed by atoms with Gasteiger partial charge in [-0.15, -0.1) is 0 Å². The van der Waals surface area contributed by atoms with Gasteiger partial charge in [-0.05, 0) is 79.6 Å². The predicted molar refractivity (Wildman–Crippen MR) is 93.0 cm³/mol. The van der Waals surface area contributed by atoms with E-state index in [-0.39, 0.29) is 36.6 Å². The van der Waals surface area contributed by atoms with Crippen LogP contribution >= 0.6 is 0 Å². The molecule has 0 amide bonds. The topological polar surface area (TPSA) is 36.9 Å². The molecule has 2 heterocycles. The lowest BCUT2D eigenvalue weighted by Crippen LogP contribution is -2.41. The van der Waals surface area contributed by atoms with Crippen LogP contribution in [0.2, 0.25) is 0 Å². The molecule has 4 nitrogen and oxygen atoms in total. The largest absolute Gasteiger partial charge is 0.489 e. The van der Waals surface area contributed by atoms with Gasteiger partial charge in [0.25, 0.3) is 0 Å². The second kappa shape index (κ2) is 5.10. The van der Waals surface area contributed by atoms with Crippen molar-refractivity contribution in [1.29, 1.82) is 0 Å². The summed E-state index contributed by atoms with van der Waals surface area (Å²) < 4.78 is 24.7. The van der Waals surface area contributed by atoms with E-state index in [1.165, 1.54) is 18.3 Å². The molecule has 0 atom stereocenters. The van der Waals surface area contributed by atoms with E-state index in [4.69, 9.17) is 18.6 Å². The molecule has 0 unspecified atom stereocenters. The minimum Gasteiger partial charge on any atom is -0.400 e. The van der Waals surface area contributed by atoms with E-state index >= 15 is 0 Å². The molecule has 128 valence electrons. The van der Waals surface area contributed by atoms with Crippen LogP contribution in [0.25, 0.3) is 0 Å². The van der Waals surface area contributed by atoms with E-state index in [9.17, 15) is 0 Å². The average Bonchev–Trinajstić information content (AvgIpc) is 3.09. The van der Waals surface area contributed by atoms with Gasteiger partial charge >= 0.3 is 14.2 Å². The third kappa shape index (κ3) is 3.04. The monoisotopic (exact) mass is 320 g/mol. The lowest BCUT2D eigenvalue weighted by molar-refractivity contribution is 0.00578. The summed E-state index contributed by atoms with van der Waals surface area (Å²) in [6.45, 7) is 16.7. The first-order valence-corrected chi connectivity index (χ1v) is 8.78. The Morgan fingerprint density at radius 3 is 1.52 bits per heavy atom. The fourth-order valence-corrected chi connectivity index (χ4v) is 2.92. The molecule has 2 saturated heterocycles. The highest BCUT2D eigenvalue weighted by Crippen LogP contribution is 2.46. The van der Waals surface area contributed by atoms with Crippen molar-refractivity contribution < 1.29 is 18.6 Å². The number of hydrogen-bond acceptors (Lipinski definition) is 4. The van der Waals surface area contributed by atoms with Crippen molar-refractivity contribution in [3.8, 4) is 0 Å². The third-order valence-corrected chi connectivity index (χ3v) is 6.17. The fourth-order valence-electron chi connectivity index (χ4n) is 2.92. The van der Waals surface area contributed by atoms with Gasteiger partial charge in [0.1, 0.15) is 0 Å². The maximum Gasteiger partial charge on any atom is 0.489 e. The summed E-state index contributed by atoms with van der Waals surface area (Å²) in [7, 11) is -0.638. The van der Waals surface area contributed by atoms with Crippen LogP contribution in [0.5, 0.6) is 0 Å². The zero-order valence-electron chi connectivity index (χ0n) is 15.9. The van der Waals surface area contributed by atoms with Crippen molar-refractivity contribution in [3.63, 3.8) is 0 Å². The summed E-state index contributed by atoms with van der Waals surface area (Å²) in [5.41, 5.74) is -0.0946. The van der Waals surface area contributed by atoms with Gasteiger partial charge in [-0.1, -0.05) is 5.98 Å². The molecule has 0 bridgehead atoms. The summed E-state index contributed by atoms with van der Waals surface area (Å²) in [5, 5.41) is 0. The zero-order chi connectivity index (χ0) is 17.3. The van der Waals surface area contributed by atoms with Gasteiger partial charge in [0.05, 0.1) is 22.4 Å². The quantitative estimate of drug-likeness (QED) is 0.745. The first-order chi connectivity index (χ1) is 10.3. The van der Waals surface area contributed by atoms with Crippen LogP contribution in [0.4, 0.5) is 0 Å². The van der Waals surface area contributed by atoms with Crippen molar-refractivity contribution in [3.05, 3.63) is 11.4 Å². The molecule has 6 heteroatoms. The van der Waals surface area contributed by atoms with E-state index in [0.29, 0.717) is 5.92 Å². The van der Waals surface area contributed by atoms with Crippen molar-refractivity contribution in [1.82, 2.24) is 0 Å². The highest BCUT2D eigenvalue weighted by molar-refractivity contribution is 6.60. The standard InChI is InChI=1S/C17H30B2O4/c1-14(2)15(3,4)21-18(20-14)11-13(12-9-10-12)19-22-16(5,6)17(7,8)23-19/h11-12H,9-10H2,1-8H3/b13-11-. The lowest BCUT2D eigenvalue weighted by atomic mass is 9.69. The smallest absolute Gasteiger partial charge is 0.400 e. The minimum atomic E-state index is -0.338. The summed E-state index contributed by atoms with van der Waals surface area (Å²) in [5.74, 6) is 2.62. The van der Waals surface area contributed by atoms with Crippen molar-refractivity contribution >= 4 is 14.2 Å². The third-order valence-electron chi connectivity index (χ3n) is 6.17. The second-order valence-electron chi connectivity index (χ2n) is 9.15. The predicted octanol–water partition coefficient (Wildman–Crippen LogP) is 3.59. The van der Waals surface area contributed by atoms with Crippen LogP contribution in [-0.2, 0) is 18.6 Å². The molecule has 0 spiro atoms. The molecule has 1 aliphatic carbocycles. The number of hydrogen-bond donors (Lipinski definition) is 0. The molecule has 0 N–H and O–H groups in total. The molecule has 3 aliphatic rings.